The number of carbonyl (C=O) groups excluding carboxylic acids is 2. The third-order valence-corrected chi connectivity index (χ3v) is 2.86. The summed E-state index contributed by atoms with van der Waals surface area (Å²) in [5.41, 5.74) is -0.100. The molecule has 0 saturated carbocycles. The van der Waals surface area contributed by atoms with Crippen molar-refractivity contribution in [1.29, 1.82) is 0 Å². The molecule has 1 aromatic rings. The Morgan fingerprint density at radius 1 is 1.45 bits per heavy atom. The van der Waals surface area contributed by atoms with Crippen molar-refractivity contribution < 1.29 is 19.5 Å². The Kier molecular flexibility index (Phi) is 4.14. The summed E-state index contributed by atoms with van der Waals surface area (Å²) in [6, 6.07) is 2.29. The van der Waals surface area contributed by atoms with E-state index in [9.17, 15) is 14.4 Å². The molecule has 1 saturated heterocycles. The fraction of sp³-hybridized carbons (Fsp3) is 0.333. The number of nitrogens with one attached hydrogen (secondary N) is 3. The van der Waals surface area contributed by atoms with Crippen molar-refractivity contribution in [3.05, 3.63) is 24.0 Å². The number of carboxylic acids is 1. The molecule has 2 rings (SSSR count). The first kappa shape index (κ1) is 13.8. The first-order chi connectivity index (χ1) is 9.56. The first-order valence-corrected chi connectivity index (χ1v) is 6.09. The maximum absolute atomic E-state index is 11.8. The summed E-state index contributed by atoms with van der Waals surface area (Å²) >= 11 is 0. The van der Waals surface area contributed by atoms with Crippen LogP contribution in [0.5, 0.6) is 0 Å². The highest BCUT2D eigenvalue weighted by Gasteiger charge is 2.20. The number of hydrogen-bond donors (Lipinski definition) is 4. The predicted molar refractivity (Wildman–Crippen MR) is 69.4 cm³/mol. The maximum atomic E-state index is 11.8. The zero-order chi connectivity index (χ0) is 14.5. The number of pyridine rings is 1. The van der Waals surface area contributed by atoms with Gasteiger partial charge >= 0.3 is 12.0 Å². The Balaban J connectivity index is 1.95. The molecule has 20 heavy (non-hydrogen) atoms. The second kappa shape index (κ2) is 6.00. The van der Waals surface area contributed by atoms with Crippen LogP contribution in [-0.4, -0.2) is 40.6 Å². The molecule has 0 bridgehead atoms. The summed E-state index contributed by atoms with van der Waals surface area (Å²) in [6.45, 7) is 0.366. The molecule has 106 valence electrons. The van der Waals surface area contributed by atoms with E-state index < -0.39 is 12.0 Å². The zero-order valence-corrected chi connectivity index (χ0v) is 10.5. The van der Waals surface area contributed by atoms with Crippen LogP contribution in [0.25, 0.3) is 0 Å². The smallest absolute Gasteiger partial charge is 0.356 e. The Morgan fingerprint density at radius 3 is 2.90 bits per heavy atom. The summed E-state index contributed by atoms with van der Waals surface area (Å²) < 4.78 is 0. The van der Waals surface area contributed by atoms with Gasteiger partial charge in [-0.15, -0.1) is 0 Å². The van der Waals surface area contributed by atoms with Crippen LogP contribution in [-0.2, 0) is 4.79 Å². The largest absolute Gasteiger partial charge is 0.476 e. The van der Waals surface area contributed by atoms with E-state index in [1.54, 1.807) is 0 Å². The van der Waals surface area contributed by atoms with Crippen molar-refractivity contribution in [3.8, 4) is 0 Å². The van der Waals surface area contributed by atoms with Crippen molar-refractivity contribution in [3.63, 3.8) is 0 Å². The lowest BCUT2D eigenvalue weighted by molar-refractivity contribution is -0.122. The molecule has 0 radical (unpaired) electrons. The molecule has 0 aromatic carbocycles. The van der Waals surface area contributed by atoms with Gasteiger partial charge in [0.2, 0.25) is 5.91 Å². The highest BCUT2D eigenvalue weighted by atomic mass is 16.4. The second-order valence-electron chi connectivity index (χ2n) is 4.34. The number of rotatable bonds is 3. The molecule has 1 atom stereocenters. The lowest BCUT2D eigenvalue weighted by atomic mass is 10.1. The standard InChI is InChI=1S/C12H14N4O4/c17-9-4-3-7(6-14-9)15-12(20)16-8-2-1-5-13-10(8)11(18)19/h1-2,5,7H,3-4,6H2,(H,14,17)(H,18,19)(H2,15,16,20). The van der Waals surface area contributed by atoms with E-state index in [-0.39, 0.29) is 23.3 Å². The van der Waals surface area contributed by atoms with Crippen LogP contribution < -0.4 is 16.0 Å². The molecular formula is C12H14N4O4. The number of carbonyl (C=O) groups is 3. The number of anilines is 1. The van der Waals surface area contributed by atoms with E-state index in [0.29, 0.717) is 19.4 Å². The number of hydrogen-bond acceptors (Lipinski definition) is 4. The van der Waals surface area contributed by atoms with Crippen molar-refractivity contribution in [2.75, 3.05) is 11.9 Å². The van der Waals surface area contributed by atoms with E-state index in [1.807, 2.05) is 0 Å². The number of nitrogens with zero attached hydrogens (tertiary/aromatic N) is 1. The van der Waals surface area contributed by atoms with Gasteiger partial charge < -0.3 is 21.1 Å². The fourth-order valence-corrected chi connectivity index (χ4v) is 1.88. The highest BCUT2D eigenvalue weighted by Crippen LogP contribution is 2.12. The van der Waals surface area contributed by atoms with Crippen LogP contribution in [0.1, 0.15) is 23.3 Å². The van der Waals surface area contributed by atoms with Crippen molar-refractivity contribution in [2.24, 2.45) is 0 Å². The molecule has 1 aliphatic heterocycles. The van der Waals surface area contributed by atoms with Crippen LogP contribution in [0.4, 0.5) is 10.5 Å². The van der Waals surface area contributed by atoms with Crippen LogP contribution in [0.2, 0.25) is 0 Å². The molecule has 3 amide bonds. The average Bonchev–Trinajstić information content (AvgIpc) is 2.41. The van der Waals surface area contributed by atoms with Crippen LogP contribution in [0, 0.1) is 0 Å². The summed E-state index contributed by atoms with van der Waals surface area (Å²) in [7, 11) is 0. The van der Waals surface area contributed by atoms with E-state index in [0.717, 1.165) is 0 Å². The molecule has 0 spiro atoms. The normalized spacial score (nSPS) is 18.0. The molecule has 8 heteroatoms. The monoisotopic (exact) mass is 278 g/mol. The van der Waals surface area contributed by atoms with Gasteiger partial charge in [0, 0.05) is 25.2 Å². The summed E-state index contributed by atoms with van der Waals surface area (Å²) in [4.78, 5) is 37.4. The Hall–Kier alpha value is -2.64. The van der Waals surface area contributed by atoms with Crippen LogP contribution >= 0.6 is 0 Å². The third-order valence-electron chi connectivity index (χ3n) is 2.86. The number of urea groups is 1. The molecule has 1 aromatic heterocycles. The van der Waals surface area contributed by atoms with E-state index in [1.165, 1.54) is 18.3 Å². The van der Waals surface area contributed by atoms with Gasteiger partial charge in [-0.1, -0.05) is 0 Å². The van der Waals surface area contributed by atoms with Gasteiger partial charge in [-0.25, -0.2) is 14.6 Å². The van der Waals surface area contributed by atoms with E-state index in [2.05, 4.69) is 20.9 Å². The Bertz CT molecular complexity index is 536. The van der Waals surface area contributed by atoms with Gasteiger partial charge in [-0.05, 0) is 18.6 Å². The molecule has 4 N–H and O–H groups in total. The van der Waals surface area contributed by atoms with Crippen molar-refractivity contribution in [1.82, 2.24) is 15.6 Å². The molecule has 1 fully saturated rings. The molecule has 0 aliphatic carbocycles. The Morgan fingerprint density at radius 2 is 2.25 bits per heavy atom. The summed E-state index contributed by atoms with van der Waals surface area (Å²) in [5, 5.41) is 16.7. The number of carboxylic acid groups (broad SMARTS) is 1. The summed E-state index contributed by atoms with van der Waals surface area (Å²) in [6.07, 6.45) is 2.25. The number of aromatic nitrogens is 1. The molecule has 8 nitrogen and oxygen atoms in total. The molecular weight excluding hydrogens is 264 g/mol. The van der Waals surface area contributed by atoms with Gasteiger partial charge in [-0.2, -0.15) is 0 Å². The SMILES string of the molecule is O=C1CCC(NC(=O)Nc2cccnc2C(=O)O)CN1. The van der Waals surface area contributed by atoms with Gasteiger partial charge in [0.15, 0.2) is 5.69 Å². The van der Waals surface area contributed by atoms with Crippen molar-refractivity contribution >= 4 is 23.6 Å². The quantitative estimate of drug-likeness (QED) is 0.628. The lowest BCUT2D eigenvalue weighted by Crippen LogP contribution is -2.49. The topological polar surface area (TPSA) is 120 Å². The van der Waals surface area contributed by atoms with Gasteiger partial charge in [-0.3, -0.25) is 4.79 Å². The minimum atomic E-state index is -1.22. The van der Waals surface area contributed by atoms with Crippen molar-refractivity contribution in [2.45, 2.75) is 18.9 Å². The minimum Gasteiger partial charge on any atom is -0.476 e. The van der Waals surface area contributed by atoms with Gasteiger partial charge in [0.05, 0.1) is 5.69 Å². The van der Waals surface area contributed by atoms with E-state index >= 15 is 0 Å². The van der Waals surface area contributed by atoms with Crippen LogP contribution in [0.3, 0.4) is 0 Å². The minimum absolute atomic E-state index is 0.0381. The maximum Gasteiger partial charge on any atom is 0.356 e. The fourth-order valence-electron chi connectivity index (χ4n) is 1.88. The van der Waals surface area contributed by atoms with E-state index in [4.69, 9.17) is 5.11 Å². The lowest BCUT2D eigenvalue weighted by Gasteiger charge is -2.23. The van der Waals surface area contributed by atoms with Gasteiger partial charge in [0.1, 0.15) is 0 Å². The molecule has 1 unspecified atom stereocenters. The number of piperidine rings is 1. The number of amides is 3. The first-order valence-electron chi connectivity index (χ1n) is 6.09. The third kappa shape index (κ3) is 3.44. The average molecular weight is 278 g/mol. The van der Waals surface area contributed by atoms with Crippen LogP contribution in [0.15, 0.2) is 18.3 Å². The Labute approximate surface area is 114 Å². The molecule has 1 aliphatic rings. The van der Waals surface area contributed by atoms with Gasteiger partial charge in [0.25, 0.3) is 0 Å². The second-order valence-corrected chi connectivity index (χ2v) is 4.34. The number of aromatic carboxylic acids is 1. The summed E-state index contributed by atoms with van der Waals surface area (Å²) in [5.74, 6) is -1.25. The highest BCUT2D eigenvalue weighted by molar-refractivity contribution is 5.98. The molecule has 2 heterocycles. The zero-order valence-electron chi connectivity index (χ0n) is 10.5. The predicted octanol–water partition coefficient (Wildman–Crippen LogP) is 0.180.